The third-order valence-corrected chi connectivity index (χ3v) is 3.40. The molecule has 0 atom stereocenters. The van der Waals surface area contributed by atoms with Crippen LogP contribution in [0.5, 0.6) is 0 Å². The van der Waals surface area contributed by atoms with E-state index in [1.807, 2.05) is 0 Å². The summed E-state index contributed by atoms with van der Waals surface area (Å²) < 4.78 is 24.4. The molecule has 0 unspecified atom stereocenters. The van der Waals surface area contributed by atoms with Gasteiger partial charge in [0.1, 0.15) is 0 Å². The normalized spacial score (nSPS) is 11.1. The van der Waals surface area contributed by atoms with Crippen LogP contribution in [0.4, 0.5) is 11.4 Å². The standard InChI is InChI=1S/C11H17N3O3S/c1-9(15)13-10-3-5-11(6-4-10)14(8-7-12)18(2,16)17/h3-6H,7-8,12H2,1-2H3,(H,13,15). The molecule has 1 amide bonds. The summed E-state index contributed by atoms with van der Waals surface area (Å²) >= 11 is 0. The molecule has 1 aromatic rings. The number of nitrogens with one attached hydrogen (secondary N) is 1. The van der Waals surface area contributed by atoms with Gasteiger partial charge in [-0.15, -0.1) is 0 Å². The average molecular weight is 271 g/mol. The maximum atomic E-state index is 11.6. The highest BCUT2D eigenvalue weighted by atomic mass is 32.2. The number of nitrogens with zero attached hydrogens (tertiary/aromatic N) is 1. The van der Waals surface area contributed by atoms with Crippen LogP contribution in [0.3, 0.4) is 0 Å². The van der Waals surface area contributed by atoms with E-state index >= 15 is 0 Å². The summed E-state index contributed by atoms with van der Waals surface area (Å²) in [6.07, 6.45) is 1.13. The van der Waals surface area contributed by atoms with Crippen molar-refractivity contribution in [2.75, 3.05) is 29.0 Å². The fourth-order valence-electron chi connectivity index (χ4n) is 1.52. The van der Waals surface area contributed by atoms with Gasteiger partial charge in [-0.25, -0.2) is 8.42 Å². The number of benzene rings is 1. The Morgan fingerprint density at radius 2 is 1.89 bits per heavy atom. The van der Waals surface area contributed by atoms with Gasteiger partial charge in [0, 0.05) is 25.7 Å². The number of sulfonamides is 1. The molecule has 0 aliphatic heterocycles. The van der Waals surface area contributed by atoms with Crippen LogP contribution in [-0.4, -0.2) is 33.7 Å². The zero-order chi connectivity index (χ0) is 13.8. The number of anilines is 2. The van der Waals surface area contributed by atoms with Crippen molar-refractivity contribution in [2.45, 2.75) is 6.92 Å². The summed E-state index contributed by atoms with van der Waals surface area (Å²) in [5.41, 5.74) is 6.54. The molecule has 0 aromatic heterocycles. The van der Waals surface area contributed by atoms with E-state index < -0.39 is 10.0 Å². The summed E-state index contributed by atoms with van der Waals surface area (Å²) in [6.45, 7) is 1.87. The number of hydrogen-bond acceptors (Lipinski definition) is 4. The number of carbonyl (C=O) groups is 1. The Balaban J connectivity index is 2.97. The fraction of sp³-hybridized carbons (Fsp3) is 0.364. The Bertz CT molecular complexity index is 511. The fourth-order valence-corrected chi connectivity index (χ4v) is 2.46. The van der Waals surface area contributed by atoms with Crippen molar-refractivity contribution in [1.29, 1.82) is 0 Å². The molecular weight excluding hydrogens is 254 g/mol. The molecule has 0 saturated carbocycles. The minimum atomic E-state index is -3.35. The maximum absolute atomic E-state index is 11.6. The largest absolute Gasteiger partial charge is 0.329 e. The molecule has 18 heavy (non-hydrogen) atoms. The lowest BCUT2D eigenvalue weighted by Gasteiger charge is -2.21. The highest BCUT2D eigenvalue weighted by Gasteiger charge is 2.16. The van der Waals surface area contributed by atoms with Gasteiger partial charge in [0.15, 0.2) is 0 Å². The van der Waals surface area contributed by atoms with E-state index in [2.05, 4.69) is 5.32 Å². The molecule has 0 aliphatic carbocycles. The summed E-state index contributed by atoms with van der Waals surface area (Å²) in [6, 6.07) is 6.54. The second-order valence-corrected chi connectivity index (χ2v) is 5.76. The summed E-state index contributed by atoms with van der Waals surface area (Å²) in [7, 11) is -3.35. The van der Waals surface area contributed by atoms with Gasteiger partial charge < -0.3 is 11.1 Å². The molecule has 1 aromatic carbocycles. The molecule has 0 bridgehead atoms. The van der Waals surface area contributed by atoms with E-state index in [4.69, 9.17) is 5.73 Å². The van der Waals surface area contributed by atoms with E-state index in [-0.39, 0.29) is 19.0 Å². The van der Waals surface area contributed by atoms with Crippen LogP contribution in [-0.2, 0) is 14.8 Å². The predicted octanol–water partition coefficient (Wildman–Crippen LogP) is 0.370. The first kappa shape index (κ1) is 14.5. The molecule has 0 heterocycles. The van der Waals surface area contributed by atoms with Gasteiger partial charge in [-0.1, -0.05) is 0 Å². The molecule has 1 rings (SSSR count). The minimum Gasteiger partial charge on any atom is -0.329 e. The monoisotopic (exact) mass is 271 g/mol. The second kappa shape index (κ2) is 5.83. The molecule has 0 radical (unpaired) electrons. The Hall–Kier alpha value is -1.60. The molecule has 0 spiro atoms. The van der Waals surface area contributed by atoms with Crippen molar-refractivity contribution in [2.24, 2.45) is 5.73 Å². The summed E-state index contributed by atoms with van der Waals surface area (Å²) in [5, 5.41) is 2.61. The average Bonchev–Trinajstić information content (AvgIpc) is 2.25. The quantitative estimate of drug-likeness (QED) is 0.809. The topological polar surface area (TPSA) is 92.5 Å². The van der Waals surface area contributed by atoms with E-state index in [1.165, 1.54) is 11.2 Å². The molecule has 3 N–H and O–H groups in total. The molecule has 0 aliphatic rings. The summed E-state index contributed by atoms with van der Waals surface area (Å²) in [5.74, 6) is -0.176. The van der Waals surface area contributed by atoms with Crippen LogP contribution >= 0.6 is 0 Å². The lowest BCUT2D eigenvalue weighted by atomic mass is 10.2. The first-order valence-corrected chi connectivity index (χ1v) is 7.25. The van der Waals surface area contributed by atoms with Crippen LogP contribution in [0.1, 0.15) is 6.92 Å². The number of carbonyl (C=O) groups excluding carboxylic acids is 1. The van der Waals surface area contributed by atoms with Crippen LogP contribution in [0.15, 0.2) is 24.3 Å². The van der Waals surface area contributed by atoms with E-state index in [1.54, 1.807) is 24.3 Å². The highest BCUT2D eigenvalue weighted by Crippen LogP contribution is 2.19. The minimum absolute atomic E-state index is 0.176. The number of rotatable bonds is 5. The Kier molecular flexibility index (Phi) is 4.69. The van der Waals surface area contributed by atoms with E-state index in [0.29, 0.717) is 11.4 Å². The molecule has 0 saturated heterocycles. The molecular formula is C11H17N3O3S. The second-order valence-electron chi connectivity index (χ2n) is 3.85. The van der Waals surface area contributed by atoms with Crippen molar-refractivity contribution >= 4 is 27.3 Å². The summed E-state index contributed by atoms with van der Waals surface area (Å²) in [4.78, 5) is 10.9. The van der Waals surface area contributed by atoms with Crippen LogP contribution < -0.4 is 15.4 Å². The first-order chi connectivity index (χ1) is 8.34. The van der Waals surface area contributed by atoms with Crippen molar-refractivity contribution < 1.29 is 13.2 Å². The number of nitrogens with two attached hydrogens (primary N) is 1. The SMILES string of the molecule is CC(=O)Nc1ccc(N(CCN)S(C)(=O)=O)cc1. The molecule has 100 valence electrons. The number of amides is 1. The Morgan fingerprint density at radius 3 is 2.28 bits per heavy atom. The van der Waals surface area contributed by atoms with Gasteiger partial charge >= 0.3 is 0 Å². The number of hydrogen-bond donors (Lipinski definition) is 2. The highest BCUT2D eigenvalue weighted by molar-refractivity contribution is 7.92. The van der Waals surface area contributed by atoms with Gasteiger partial charge in [0.25, 0.3) is 0 Å². The van der Waals surface area contributed by atoms with Crippen LogP contribution in [0.25, 0.3) is 0 Å². The van der Waals surface area contributed by atoms with Gasteiger partial charge in [0.2, 0.25) is 15.9 Å². The van der Waals surface area contributed by atoms with Crippen LogP contribution in [0, 0.1) is 0 Å². The third-order valence-electron chi connectivity index (χ3n) is 2.21. The van der Waals surface area contributed by atoms with Gasteiger partial charge in [0.05, 0.1) is 11.9 Å². The van der Waals surface area contributed by atoms with Crippen molar-refractivity contribution in [3.8, 4) is 0 Å². The Morgan fingerprint density at radius 1 is 1.33 bits per heavy atom. The molecule has 6 nitrogen and oxygen atoms in total. The predicted molar refractivity (Wildman–Crippen MR) is 72.0 cm³/mol. The van der Waals surface area contributed by atoms with Crippen molar-refractivity contribution in [1.82, 2.24) is 0 Å². The van der Waals surface area contributed by atoms with Crippen LogP contribution in [0.2, 0.25) is 0 Å². The lowest BCUT2D eigenvalue weighted by molar-refractivity contribution is -0.114. The van der Waals surface area contributed by atoms with Gasteiger partial charge in [-0.3, -0.25) is 9.10 Å². The zero-order valence-electron chi connectivity index (χ0n) is 10.4. The molecule has 0 fully saturated rings. The Labute approximate surface area is 107 Å². The zero-order valence-corrected chi connectivity index (χ0v) is 11.2. The van der Waals surface area contributed by atoms with Gasteiger partial charge in [-0.05, 0) is 24.3 Å². The smallest absolute Gasteiger partial charge is 0.232 e. The third kappa shape index (κ3) is 4.01. The van der Waals surface area contributed by atoms with Crippen molar-refractivity contribution in [3.63, 3.8) is 0 Å². The van der Waals surface area contributed by atoms with E-state index in [9.17, 15) is 13.2 Å². The maximum Gasteiger partial charge on any atom is 0.232 e. The van der Waals surface area contributed by atoms with Gasteiger partial charge in [-0.2, -0.15) is 0 Å². The van der Waals surface area contributed by atoms with E-state index in [0.717, 1.165) is 6.26 Å². The van der Waals surface area contributed by atoms with Crippen molar-refractivity contribution in [3.05, 3.63) is 24.3 Å². The first-order valence-electron chi connectivity index (χ1n) is 5.40. The molecule has 7 heteroatoms. The lowest BCUT2D eigenvalue weighted by Crippen LogP contribution is -2.34.